The summed E-state index contributed by atoms with van der Waals surface area (Å²) in [7, 11) is 0. The molecule has 1 aromatic rings. The van der Waals surface area contributed by atoms with Crippen molar-refractivity contribution < 1.29 is 9.18 Å². The van der Waals surface area contributed by atoms with Crippen LogP contribution >= 0.6 is 0 Å². The first-order valence-electron chi connectivity index (χ1n) is 7.53. The molecule has 2 atom stereocenters. The van der Waals surface area contributed by atoms with Crippen LogP contribution in [0.15, 0.2) is 24.3 Å². The predicted octanol–water partition coefficient (Wildman–Crippen LogP) is 1.15. The van der Waals surface area contributed by atoms with Crippen LogP contribution in [0.5, 0.6) is 0 Å². The normalized spacial score (nSPS) is 22.4. The number of benzene rings is 1. The molecular formula is C16H24FN3O. The van der Waals surface area contributed by atoms with Crippen LogP contribution in [-0.2, 0) is 11.2 Å². The molecular weight excluding hydrogens is 269 g/mol. The molecule has 0 radical (unpaired) electrons. The van der Waals surface area contributed by atoms with Crippen LogP contribution in [-0.4, -0.2) is 43.0 Å². The van der Waals surface area contributed by atoms with E-state index >= 15 is 0 Å². The largest absolute Gasteiger partial charge is 0.355 e. The maximum Gasteiger partial charge on any atom is 0.234 e. The Morgan fingerprint density at radius 2 is 2.14 bits per heavy atom. The molecule has 1 amide bonds. The number of nitrogens with two attached hydrogens (primary N) is 1. The van der Waals surface area contributed by atoms with Gasteiger partial charge in [-0.3, -0.25) is 9.69 Å². The second-order valence-corrected chi connectivity index (χ2v) is 5.84. The first kappa shape index (κ1) is 15.9. The highest BCUT2D eigenvalue weighted by Gasteiger charge is 2.29. The number of nitrogens with one attached hydrogen (secondary N) is 1. The fourth-order valence-corrected chi connectivity index (χ4v) is 2.85. The molecule has 1 heterocycles. The Kier molecular flexibility index (Phi) is 5.70. The van der Waals surface area contributed by atoms with Crippen LogP contribution in [0.25, 0.3) is 0 Å². The molecule has 1 saturated heterocycles. The fourth-order valence-electron chi connectivity index (χ4n) is 2.85. The first-order valence-corrected chi connectivity index (χ1v) is 7.53. The molecule has 4 nitrogen and oxygen atoms in total. The van der Waals surface area contributed by atoms with E-state index in [0.717, 1.165) is 18.5 Å². The molecule has 1 aromatic carbocycles. The number of rotatable bonds is 6. The van der Waals surface area contributed by atoms with Gasteiger partial charge in [0.2, 0.25) is 5.91 Å². The zero-order chi connectivity index (χ0) is 15.2. The minimum atomic E-state index is -0.236. The maximum absolute atomic E-state index is 12.8. The second-order valence-electron chi connectivity index (χ2n) is 5.84. The molecule has 1 aliphatic heterocycles. The van der Waals surface area contributed by atoms with Gasteiger partial charge in [0.05, 0.1) is 6.54 Å². The lowest BCUT2D eigenvalue weighted by Crippen LogP contribution is -2.39. The van der Waals surface area contributed by atoms with E-state index in [1.54, 1.807) is 12.1 Å². The van der Waals surface area contributed by atoms with Gasteiger partial charge in [0, 0.05) is 19.1 Å². The van der Waals surface area contributed by atoms with Crippen molar-refractivity contribution in [3.05, 3.63) is 35.6 Å². The van der Waals surface area contributed by atoms with E-state index in [1.807, 2.05) is 0 Å². The molecule has 1 fully saturated rings. The monoisotopic (exact) mass is 293 g/mol. The molecule has 0 aromatic heterocycles. The number of halogens is 1. The Balaban J connectivity index is 1.69. The van der Waals surface area contributed by atoms with E-state index in [9.17, 15) is 9.18 Å². The third kappa shape index (κ3) is 4.79. The molecule has 0 aliphatic carbocycles. The van der Waals surface area contributed by atoms with Crippen molar-refractivity contribution in [1.29, 1.82) is 0 Å². The summed E-state index contributed by atoms with van der Waals surface area (Å²) >= 11 is 0. The Bertz CT molecular complexity index is 463. The molecule has 3 N–H and O–H groups in total. The van der Waals surface area contributed by atoms with Crippen LogP contribution in [0.2, 0.25) is 0 Å². The van der Waals surface area contributed by atoms with Gasteiger partial charge in [0.15, 0.2) is 0 Å². The number of carbonyl (C=O) groups is 1. The third-order valence-electron chi connectivity index (χ3n) is 4.12. The average molecular weight is 293 g/mol. The highest BCUT2D eigenvalue weighted by molar-refractivity contribution is 5.78. The van der Waals surface area contributed by atoms with E-state index in [4.69, 9.17) is 5.73 Å². The van der Waals surface area contributed by atoms with Crippen molar-refractivity contribution in [2.75, 3.05) is 26.2 Å². The first-order chi connectivity index (χ1) is 10.1. The van der Waals surface area contributed by atoms with Crippen LogP contribution < -0.4 is 11.1 Å². The smallest absolute Gasteiger partial charge is 0.234 e. The maximum atomic E-state index is 12.8. The number of amides is 1. The number of carbonyl (C=O) groups excluding carboxylic acids is 1. The summed E-state index contributed by atoms with van der Waals surface area (Å²) in [5, 5.41) is 2.92. The van der Waals surface area contributed by atoms with Crippen molar-refractivity contribution >= 4 is 5.91 Å². The molecule has 2 rings (SSSR count). The van der Waals surface area contributed by atoms with Gasteiger partial charge in [-0.15, -0.1) is 0 Å². The molecule has 0 bridgehead atoms. The Labute approximate surface area is 125 Å². The summed E-state index contributed by atoms with van der Waals surface area (Å²) in [5.74, 6) is 0.314. The Morgan fingerprint density at radius 3 is 2.76 bits per heavy atom. The number of nitrogens with zero attached hydrogens (tertiary/aromatic N) is 1. The van der Waals surface area contributed by atoms with E-state index in [2.05, 4.69) is 17.1 Å². The number of hydrogen-bond acceptors (Lipinski definition) is 3. The van der Waals surface area contributed by atoms with Crippen molar-refractivity contribution in [2.45, 2.75) is 25.8 Å². The van der Waals surface area contributed by atoms with Crippen LogP contribution in [0.1, 0.15) is 18.9 Å². The molecule has 116 valence electrons. The van der Waals surface area contributed by atoms with Gasteiger partial charge in [0.25, 0.3) is 0 Å². The lowest BCUT2D eigenvalue weighted by Gasteiger charge is -2.20. The highest BCUT2D eigenvalue weighted by Crippen LogP contribution is 2.21. The molecule has 5 heteroatoms. The summed E-state index contributed by atoms with van der Waals surface area (Å²) < 4.78 is 12.8. The number of likely N-dealkylation sites (tertiary alicyclic amines) is 1. The highest BCUT2D eigenvalue weighted by atomic mass is 19.1. The fraction of sp³-hybridized carbons (Fsp3) is 0.562. The predicted molar refractivity (Wildman–Crippen MR) is 81.3 cm³/mol. The summed E-state index contributed by atoms with van der Waals surface area (Å²) in [5.41, 5.74) is 6.71. The van der Waals surface area contributed by atoms with Gasteiger partial charge in [-0.25, -0.2) is 4.39 Å². The standard InChI is InChI=1S/C16H24FN3O/c1-12-8-14(9-18)10-20(12)11-16(21)19-7-6-13-2-4-15(17)5-3-13/h2-5,12,14H,6-11,18H2,1H3,(H,19,21). The molecule has 0 saturated carbocycles. The molecule has 2 unspecified atom stereocenters. The van der Waals surface area contributed by atoms with Gasteiger partial charge in [-0.2, -0.15) is 0 Å². The summed E-state index contributed by atoms with van der Waals surface area (Å²) in [6.07, 6.45) is 1.78. The van der Waals surface area contributed by atoms with E-state index in [1.165, 1.54) is 12.1 Å². The van der Waals surface area contributed by atoms with Gasteiger partial charge in [-0.1, -0.05) is 12.1 Å². The third-order valence-corrected chi connectivity index (χ3v) is 4.12. The second kappa shape index (κ2) is 7.52. The minimum Gasteiger partial charge on any atom is -0.355 e. The van der Waals surface area contributed by atoms with Crippen molar-refractivity contribution in [3.8, 4) is 0 Å². The zero-order valence-corrected chi connectivity index (χ0v) is 12.5. The Hall–Kier alpha value is -1.46. The summed E-state index contributed by atoms with van der Waals surface area (Å²) in [4.78, 5) is 14.1. The van der Waals surface area contributed by atoms with Crippen LogP contribution in [0.3, 0.4) is 0 Å². The van der Waals surface area contributed by atoms with Crippen molar-refractivity contribution in [3.63, 3.8) is 0 Å². The Morgan fingerprint density at radius 1 is 1.43 bits per heavy atom. The van der Waals surface area contributed by atoms with Crippen molar-refractivity contribution in [2.24, 2.45) is 11.7 Å². The van der Waals surface area contributed by atoms with E-state index < -0.39 is 0 Å². The van der Waals surface area contributed by atoms with E-state index in [0.29, 0.717) is 38.0 Å². The molecule has 1 aliphatic rings. The van der Waals surface area contributed by atoms with Gasteiger partial charge in [0.1, 0.15) is 5.82 Å². The topological polar surface area (TPSA) is 58.4 Å². The lowest BCUT2D eigenvalue weighted by molar-refractivity contribution is -0.122. The minimum absolute atomic E-state index is 0.0432. The molecule has 0 spiro atoms. The average Bonchev–Trinajstić information content (AvgIpc) is 2.81. The zero-order valence-electron chi connectivity index (χ0n) is 12.5. The van der Waals surface area contributed by atoms with Crippen molar-refractivity contribution in [1.82, 2.24) is 10.2 Å². The van der Waals surface area contributed by atoms with Gasteiger partial charge in [-0.05, 0) is 49.9 Å². The number of hydrogen-bond donors (Lipinski definition) is 2. The van der Waals surface area contributed by atoms with E-state index in [-0.39, 0.29) is 11.7 Å². The van der Waals surface area contributed by atoms with Gasteiger partial charge >= 0.3 is 0 Å². The lowest BCUT2D eigenvalue weighted by atomic mass is 10.1. The van der Waals surface area contributed by atoms with Gasteiger partial charge < -0.3 is 11.1 Å². The molecule has 21 heavy (non-hydrogen) atoms. The summed E-state index contributed by atoms with van der Waals surface area (Å²) in [6.45, 7) is 4.74. The SMILES string of the molecule is CC1CC(CN)CN1CC(=O)NCCc1ccc(F)cc1. The van der Waals surface area contributed by atoms with Crippen LogP contribution in [0.4, 0.5) is 4.39 Å². The van der Waals surface area contributed by atoms with Crippen LogP contribution in [0, 0.1) is 11.7 Å². The summed E-state index contributed by atoms with van der Waals surface area (Å²) in [6, 6.07) is 6.79. The quantitative estimate of drug-likeness (QED) is 0.827.